The summed E-state index contributed by atoms with van der Waals surface area (Å²) < 4.78 is 11.4. The maximum absolute atomic E-state index is 12.1. The number of amides is 1. The van der Waals surface area contributed by atoms with E-state index in [0.29, 0.717) is 13.1 Å². The third-order valence-corrected chi connectivity index (χ3v) is 3.55. The summed E-state index contributed by atoms with van der Waals surface area (Å²) in [4.78, 5) is 18.1. The summed E-state index contributed by atoms with van der Waals surface area (Å²) in [5.41, 5.74) is 1.26. The van der Waals surface area contributed by atoms with Crippen LogP contribution in [-0.4, -0.2) is 40.8 Å². The van der Waals surface area contributed by atoms with Gasteiger partial charge in [0.1, 0.15) is 17.5 Å². The number of ether oxygens (including phenoxy) is 2. The van der Waals surface area contributed by atoms with E-state index in [1.54, 1.807) is 11.0 Å². The van der Waals surface area contributed by atoms with Crippen molar-refractivity contribution in [1.82, 2.24) is 9.88 Å². The molecule has 126 valence electrons. The van der Waals surface area contributed by atoms with Gasteiger partial charge >= 0.3 is 6.09 Å². The van der Waals surface area contributed by atoms with Crippen molar-refractivity contribution in [2.24, 2.45) is 0 Å². The zero-order chi connectivity index (χ0) is 17.0. The molecule has 1 saturated heterocycles. The Morgan fingerprint density at radius 1 is 1.35 bits per heavy atom. The van der Waals surface area contributed by atoms with Gasteiger partial charge in [-0.15, -0.1) is 0 Å². The summed E-state index contributed by atoms with van der Waals surface area (Å²) in [7, 11) is 0. The molecule has 5 heteroatoms. The number of nitrogens with zero attached hydrogens (tertiary/aromatic N) is 2. The van der Waals surface area contributed by atoms with E-state index >= 15 is 0 Å². The lowest BCUT2D eigenvalue weighted by Crippen LogP contribution is -2.44. The molecule has 1 aromatic heterocycles. The molecule has 0 N–H and O–H groups in total. The Morgan fingerprint density at radius 2 is 2.00 bits per heavy atom. The lowest BCUT2D eigenvalue weighted by molar-refractivity contribution is 0.0126. The smallest absolute Gasteiger partial charge is 0.410 e. The van der Waals surface area contributed by atoms with Gasteiger partial charge in [-0.05, 0) is 33.8 Å². The summed E-state index contributed by atoms with van der Waals surface area (Å²) in [5, 5.41) is 0. The highest BCUT2D eigenvalue weighted by atomic mass is 16.6. The van der Waals surface area contributed by atoms with E-state index in [1.165, 1.54) is 0 Å². The van der Waals surface area contributed by atoms with Gasteiger partial charge in [-0.1, -0.05) is 6.58 Å². The van der Waals surface area contributed by atoms with Crippen LogP contribution in [0.15, 0.2) is 18.7 Å². The lowest BCUT2D eigenvalue weighted by Gasteiger charge is -2.33. The van der Waals surface area contributed by atoms with Crippen molar-refractivity contribution in [1.29, 1.82) is 0 Å². The predicted molar refractivity (Wildman–Crippen MR) is 90.5 cm³/mol. The minimum atomic E-state index is -0.458. The number of hydrogen-bond acceptors (Lipinski definition) is 4. The van der Waals surface area contributed by atoms with E-state index in [2.05, 4.69) is 11.6 Å². The van der Waals surface area contributed by atoms with E-state index in [9.17, 15) is 4.79 Å². The molecular weight excluding hydrogens is 292 g/mol. The fourth-order valence-corrected chi connectivity index (χ4v) is 2.51. The van der Waals surface area contributed by atoms with Crippen LogP contribution in [0.25, 0.3) is 6.08 Å². The first-order valence-corrected chi connectivity index (χ1v) is 8.02. The molecule has 0 aromatic carbocycles. The van der Waals surface area contributed by atoms with Crippen LogP contribution in [0.1, 0.15) is 45.0 Å². The second kappa shape index (κ2) is 7.02. The summed E-state index contributed by atoms with van der Waals surface area (Å²) in [6.45, 7) is 12.6. The van der Waals surface area contributed by atoms with Crippen molar-refractivity contribution >= 4 is 12.2 Å². The van der Waals surface area contributed by atoms with Gasteiger partial charge in [0.2, 0.25) is 0 Å². The van der Waals surface area contributed by atoms with Crippen molar-refractivity contribution in [2.75, 3.05) is 13.1 Å². The molecule has 0 bridgehead atoms. The topological polar surface area (TPSA) is 51.7 Å². The first-order valence-electron chi connectivity index (χ1n) is 8.02. The van der Waals surface area contributed by atoms with Crippen LogP contribution in [0.4, 0.5) is 4.79 Å². The number of hydrogen-bond donors (Lipinski definition) is 0. The Hall–Kier alpha value is -2.04. The summed E-state index contributed by atoms with van der Waals surface area (Å²) in [5.74, 6) is 0.808. The highest BCUT2D eigenvalue weighted by Gasteiger charge is 2.27. The Bertz CT molecular complexity index is 570. The second-order valence-electron chi connectivity index (χ2n) is 6.86. The van der Waals surface area contributed by atoms with Crippen LogP contribution in [0, 0.1) is 6.92 Å². The average Bonchev–Trinajstić information content (AvgIpc) is 2.45. The van der Waals surface area contributed by atoms with Crippen LogP contribution in [0.3, 0.4) is 0 Å². The summed E-state index contributed by atoms with van der Waals surface area (Å²) in [6, 6.07) is 3.81. The van der Waals surface area contributed by atoms with E-state index in [4.69, 9.17) is 9.47 Å². The van der Waals surface area contributed by atoms with Crippen LogP contribution in [-0.2, 0) is 4.74 Å². The number of piperidine rings is 1. The molecule has 1 aliphatic heterocycles. The molecule has 1 amide bonds. The van der Waals surface area contributed by atoms with Crippen LogP contribution in [0.2, 0.25) is 0 Å². The van der Waals surface area contributed by atoms with Crippen LogP contribution in [0.5, 0.6) is 5.75 Å². The number of aryl methyl sites for hydroxylation is 1. The van der Waals surface area contributed by atoms with Gasteiger partial charge in [-0.2, -0.15) is 0 Å². The largest absolute Gasteiger partial charge is 0.490 e. The van der Waals surface area contributed by atoms with Gasteiger partial charge in [-0.25, -0.2) is 4.79 Å². The SMILES string of the molecule is C=Cc1cc(OC2CCN(C(=O)OC(C)(C)C)CC2)cc(C)n1. The number of pyridine rings is 1. The highest BCUT2D eigenvalue weighted by molar-refractivity contribution is 5.68. The summed E-state index contributed by atoms with van der Waals surface area (Å²) in [6.07, 6.45) is 3.16. The van der Waals surface area contributed by atoms with Crippen LogP contribution < -0.4 is 4.74 Å². The number of carbonyl (C=O) groups is 1. The van der Waals surface area contributed by atoms with Crippen molar-refractivity contribution in [2.45, 2.75) is 52.2 Å². The summed E-state index contributed by atoms with van der Waals surface area (Å²) >= 11 is 0. The molecule has 23 heavy (non-hydrogen) atoms. The fraction of sp³-hybridized carbons (Fsp3) is 0.556. The highest BCUT2D eigenvalue weighted by Crippen LogP contribution is 2.22. The predicted octanol–water partition coefficient (Wildman–Crippen LogP) is 3.81. The molecule has 1 aliphatic rings. The molecule has 0 atom stereocenters. The van der Waals surface area contributed by atoms with E-state index in [0.717, 1.165) is 30.0 Å². The molecular formula is C18H26N2O3. The van der Waals surface area contributed by atoms with Gasteiger partial charge < -0.3 is 14.4 Å². The molecule has 0 saturated carbocycles. The van der Waals surface area contributed by atoms with E-state index in [-0.39, 0.29) is 12.2 Å². The third-order valence-electron chi connectivity index (χ3n) is 3.55. The normalized spacial score (nSPS) is 16.1. The zero-order valence-corrected chi connectivity index (χ0v) is 14.5. The monoisotopic (exact) mass is 318 g/mol. The van der Waals surface area contributed by atoms with Gasteiger partial charge in [0.25, 0.3) is 0 Å². The first-order chi connectivity index (χ1) is 10.8. The van der Waals surface area contributed by atoms with Crippen molar-refractivity contribution in [3.63, 3.8) is 0 Å². The fourth-order valence-electron chi connectivity index (χ4n) is 2.51. The van der Waals surface area contributed by atoms with Gasteiger partial charge in [0, 0.05) is 43.8 Å². The van der Waals surface area contributed by atoms with Crippen LogP contribution >= 0.6 is 0 Å². The zero-order valence-electron chi connectivity index (χ0n) is 14.5. The van der Waals surface area contributed by atoms with Gasteiger partial charge in [0.05, 0.1) is 5.69 Å². The minimum Gasteiger partial charge on any atom is -0.490 e. The quantitative estimate of drug-likeness (QED) is 0.850. The number of rotatable bonds is 3. The first kappa shape index (κ1) is 17.3. The molecule has 5 nitrogen and oxygen atoms in total. The minimum absolute atomic E-state index is 0.105. The molecule has 0 unspecified atom stereocenters. The van der Waals surface area contributed by atoms with Crippen molar-refractivity contribution in [3.8, 4) is 5.75 Å². The third kappa shape index (κ3) is 5.27. The molecule has 2 rings (SSSR count). The van der Waals surface area contributed by atoms with Gasteiger partial charge in [0.15, 0.2) is 0 Å². The Kier molecular flexibility index (Phi) is 5.29. The van der Waals surface area contributed by atoms with E-state index in [1.807, 2.05) is 39.8 Å². The molecule has 2 heterocycles. The number of carbonyl (C=O) groups excluding carboxylic acids is 1. The van der Waals surface area contributed by atoms with Gasteiger partial charge in [-0.3, -0.25) is 4.98 Å². The lowest BCUT2D eigenvalue weighted by atomic mass is 10.1. The second-order valence-corrected chi connectivity index (χ2v) is 6.86. The number of likely N-dealkylation sites (tertiary alicyclic amines) is 1. The maximum atomic E-state index is 12.1. The molecule has 0 radical (unpaired) electrons. The number of aromatic nitrogens is 1. The molecule has 1 fully saturated rings. The molecule has 0 aliphatic carbocycles. The molecule has 1 aromatic rings. The Balaban J connectivity index is 1.89. The van der Waals surface area contributed by atoms with E-state index < -0.39 is 5.60 Å². The van der Waals surface area contributed by atoms with Crippen molar-refractivity contribution in [3.05, 3.63) is 30.1 Å². The standard InChI is InChI=1S/C18H26N2O3/c1-6-14-12-16(11-13(2)19-14)22-15-7-9-20(10-8-15)17(21)23-18(3,4)5/h6,11-12,15H,1,7-10H2,2-5H3. The maximum Gasteiger partial charge on any atom is 0.410 e. The Labute approximate surface area is 138 Å². The Morgan fingerprint density at radius 3 is 2.57 bits per heavy atom. The average molecular weight is 318 g/mol. The molecule has 0 spiro atoms. The van der Waals surface area contributed by atoms with Crippen molar-refractivity contribution < 1.29 is 14.3 Å².